The van der Waals surface area contributed by atoms with Gasteiger partial charge in [0.15, 0.2) is 0 Å². The van der Waals surface area contributed by atoms with Crippen LogP contribution in [0.1, 0.15) is 35.1 Å². The van der Waals surface area contributed by atoms with Crippen LogP contribution in [0.3, 0.4) is 0 Å². The van der Waals surface area contributed by atoms with Crippen molar-refractivity contribution in [2.75, 3.05) is 0 Å². The molecule has 72 valence electrons. The summed E-state index contributed by atoms with van der Waals surface area (Å²) in [5, 5.41) is 0. The maximum absolute atomic E-state index is 3.28. The molecule has 1 atom stereocenters. The summed E-state index contributed by atoms with van der Waals surface area (Å²) < 4.78 is 0. The highest BCUT2D eigenvalue weighted by molar-refractivity contribution is 5.55. The third-order valence-electron chi connectivity index (χ3n) is 3.15. The predicted octanol–water partition coefficient (Wildman–Crippen LogP) is 3.34. The molecule has 0 N–H and O–H groups in total. The molecule has 2 aliphatic carbocycles. The molecule has 0 heteroatoms. The lowest BCUT2D eigenvalue weighted by Crippen LogP contribution is -2.15. The van der Waals surface area contributed by atoms with Gasteiger partial charge in [-0.05, 0) is 40.8 Å². The third kappa shape index (κ3) is 1.21. The lowest BCUT2D eigenvalue weighted by molar-refractivity contribution is 0.866. The Morgan fingerprint density at radius 2 is 2.00 bits per heavy atom. The lowest BCUT2D eigenvalue weighted by Gasteiger charge is -2.30. The first kappa shape index (κ1) is 8.72. The van der Waals surface area contributed by atoms with Gasteiger partial charge in [-0.1, -0.05) is 43.3 Å². The Morgan fingerprint density at radius 3 is 2.67 bits per heavy atom. The van der Waals surface area contributed by atoms with E-state index in [4.69, 9.17) is 0 Å². The van der Waals surface area contributed by atoms with Gasteiger partial charge in [-0.2, -0.15) is 0 Å². The van der Waals surface area contributed by atoms with Gasteiger partial charge in [-0.25, -0.2) is 0 Å². The summed E-state index contributed by atoms with van der Waals surface area (Å²) >= 11 is 0. The smallest absolute Gasteiger partial charge is 0.0355 e. The van der Waals surface area contributed by atoms with Gasteiger partial charge in [0, 0.05) is 5.92 Å². The number of aryl methyl sites for hydroxylation is 1. The minimum atomic E-state index is 0.450. The molecule has 0 fully saturated rings. The summed E-state index contributed by atoms with van der Waals surface area (Å²) in [5.41, 5.74) is 5.51. The van der Waals surface area contributed by atoms with Crippen molar-refractivity contribution in [3.05, 3.63) is 70.8 Å². The van der Waals surface area contributed by atoms with Crippen molar-refractivity contribution in [1.29, 1.82) is 0 Å². The van der Waals surface area contributed by atoms with E-state index >= 15 is 0 Å². The molecular weight excluding hydrogens is 180 g/mol. The lowest BCUT2D eigenvalue weighted by atomic mass is 9.73. The van der Waals surface area contributed by atoms with E-state index in [2.05, 4.69) is 37.3 Å². The Kier molecular flexibility index (Phi) is 1.88. The van der Waals surface area contributed by atoms with Crippen molar-refractivity contribution in [2.45, 2.75) is 19.3 Å². The Hall–Kier alpha value is -1.56. The fourth-order valence-corrected chi connectivity index (χ4v) is 2.32. The van der Waals surface area contributed by atoms with Crippen molar-refractivity contribution in [3.8, 4) is 0 Å². The molecule has 0 amide bonds. The van der Waals surface area contributed by atoms with Gasteiger partial charge in [0.05, 0.1) is 0 Å². The van der Waals surface area contributed by atoms with Crippen LogP contribution in [0.5, 0.6) is 0 Å². The molecule has 1 unspecified atom stereocenters. The van der Waals surface area contributed by atoms with E-state index in [0.29, 0.717) is 5.92 Å². The maximum Gasteiger partial charge on any atom is 0.0355 e. The van der Waals surface area contributed by atoms with Crippen LogP contribution >= 0.6 is 0 Å². The number of fused-ring (bicyclic) bond motifs is 2. The standard InChI is InChI=1S/C15H12/c1-2-11-8-9-13-10-14(11)15(13)12-6-4-3-5-7-12/h3-5,8-10,15H,2H2,1H3. The summed E-state index contributed by atoms with van der Waals surface area (Å²) in [6.07, 6.45) is 1.11. The van der Waals surface area contributed by atoms with Crippen molar-refractivity contribution < 1.29 is 0 Å². The Balaban J connectivity index is 2.05. The van der Waals surface area contributed by atoms with Crippen LogP contribution in [0, 0.1) is 12.1 Å². The molecule has 15 heavy (non-hydrogen) atoms. The van der Waals surface area contributed by atoms with E-state index < -0.39 is 0 Å². The van der Waals surface area contributed by atoms with Crippen LogP contribution in [-0.4, -0.2) is 0 Å². The largest absolute Gasteiger partial charge is 0.0613 e. The predicted molar refractivity (Wildman–Crippen MR) is 60.9 cm³/mol. The Morgan fingerprint density at radius 1 is 1.20 bits per heavy atom. The average Bonchev–Trinajstić information content (AvgIpc) is 2.30. The van der Waals surface area contributed by atoms with Crippen molar-refractivity contribution in [2.24, 2.45) is 0 Å². The second kappa shape index (κ2) is 3.23. The maximum atomic E-state index is 3.28. The fraction of sp³-hybridized carbons (Fsp3) is 0.200. The number of benzene rings is 2. The molecule has 0 saturated carbocycles. The quantitative estimate of drug-likeness (QED) is 0.584. The van der Waals surface area contributed by atoms with Gasteiger partial charge < -0.3 is 0 Å². The average molecular weight is 192 g/mol. The molecule has 0 saturated heterocycles. The number of rotatable bonds is 2. The number of hydrogen-bond donors (Lipinski definition) is 0. The van der Waals surface area contributed by atoms with E-state index in [1.807, 2.05) is 18.2 Å². The monoisotopic (exact) mass is 192 g/mol. The molecule has 0 aromatic heterocycles. The highest BCUT2D eigenvalue weighted by Gasteiger charge is 2.27. The van der Waals surface area contributed by atoms with Crippen molar-refractivity contribution in [1.82, 2.24) is 0 Å². The Bertz CT molecular complexity index is 479. The Labute approximate surface area is 90.6 Å². The molecule has 2 aromatic carbocycles. The first-order valence-corrected chi connectivity index (χ1v) is 5.41. The first-order valence-electron chi connectivity index (χ1n) is 5.41. The second-order valence-electron chi connectivity index (χ2n) is 3.97. The highest BCUT2D eigenvalue weighted by atomic mass is 14.3. The SMILES string of the molecule is CCc1ccc2cc1C2c1[c]ccc[c]1. The summed E-state index contributed by atoms with van der Waals surface area (Å²) in [7, 11) is 0. The van der Waals surface area contributed by atoms with Crippen molar-refractivity contribution >= 4 is 0 Å². The molecular formula is C15H12. The second-order valence-corrected chi connectivity index (χ2v) is 3.97. The van der Waals surface area contributed by atoms with E-state index in [0.717, 1.165) is 6.42 Å². The molecule has 2 bridgehead atoms. The molecule has 2 aliphatic rings. The normalized spacial score (nSPS) is 17.3. The highest BCUT2D eigenvalue weighted by Crippen LogP contribution is 2.42. The van der Waals surface area contributed by atoms with Crippen LogP contribution in [0.25, 0.3) is 0 Å². The molecule has 0 nitrogen and oxygen atoms in total. The van der Waals surface area contributed by atoms with Crippen LogP contribution in [-0.2, 0) is 6.42 Å². The fourth-order valence-electron chi connectivity index (χ4n) is 2.32. The summed E-state index contributed by atoms with van der Waals surface area (Å²) in [6, 6.07) is 19.2. The van der Waals surface area contributed by atoms with E-state index in [1.54, 1.807) is 0 Å². The van der Waals surface area contributed by atoms with Crippen LogP contribution in [0.4, 0.5) is 0 Å². The minimum Gasteiger partial charge on any atom is -0.0613 e. The van der Waals surface area contributed by atoms with E-state index in [-0.39, 0.29) is 0 Å². The minimum absolute atomic E-state index is 0.450. The zero-order valence-corrected chi connectivity index (χ0v) is 8.75. The zero-order chi connectivity index (χ0) is 10.3. The summed E-state index contributed by atoms with van der Waals surface area (Å²) in [5.74, 6) is 0.450. The van der Waals surface area contributed by atoms with E-state index in [1.165, 1.54) is 22.3 Å². The molecule has 0 spiro atoms. The third-order valence-corrected chi connectivity index (χ3v) is 3.15. The molecule has 0 aliphatic heterocycles. The zero-order valence-electron chi connectivity index (χ0n) is 8.75. The van der Waals surface area contributed by atoms with Gasteiger partial charge in [-0.3, -0.25) is 0 Å². The van der Waals surface area contributed by atoms with Crippen LogP contribution in [0.15, 0.2) is 36.4 Å². The molecule has 0 heterocycles. The molecule has 2 radical (unpaired) electrons. The van der Waals surface area contributed by atoms with Crippen LogP contribution < -0.4 is 0 Å². The van der Waals surface area contributed by atoms with Gasteiger partial charge in [-0.15, -0.1) is 0 Å². The first-order chi connectivity index (χ1) is 7.40. The van der Waals surface area contributed by atoms with Crippen molar-refractivity contribution in [3.63, 3.8) is 0 Å². The van der Waals surface area contributed by atoms with Gasteiger partial charge in [0.1, 0.15) is 0 Å². The molecule has 4 rings (SSSR count). The summed E-state index contributed by atoms with van der Waals surface area (Å²) in [4.78, 5) is 0. The van der Waals surface area contributed by atoms with Gasteiger partial charge in [0.25, 0.3) is 0 Å². The molecule has 2 aromatic rings. The van der Waals surface area contributed by atoms with E-state index in [9.17, 15) is 0 Å². The summed E-state index contributed by atoms with van der Waals surface area (Å²) in [6.45, 7) is 2.21. The van der Waals surface area contributed by atoms with Gasteiger partial charge >= 0.3 is 0 Å². The van der Waals surface area contributed by atoms with Crippen LogP contribution in [0.2, 0.25) is 0 Å². The van der Waals surface area contributed by atoms with Gasteiger partial charge in [0.2, 0.25) is 0 Å². The topological polar surface area (TPSA) is 0 Å². The number of hydrogen-bond acceptors (Lipinski definition) is 0.